The lowest BCUT2D eigenvalue weighted by atomic mass is 9.86. The van der Waals surface area contributed by atoms with Crippen LogP contribution in [0.5, 0.6) is 5.75 Å². The quantitative estimate of drug-likeness (QED) is 0.746. The molecule has 0 aromatic heterocycles. The summed E-state index contributed by atoms with van der Waals surface area (Å²) in [5.74, 6) is 0.936. The molecule has 3 N–H and O–H groups in total. The fourth-order valence-electron chi connectivity index (χ4n) is 2.20. The van der Waals surface area contributed by atoms with Gasteiger partial charge in [-0.05, 0) is 36.7 Å². The SMILES string of the molecule is COc1ccc(Br)cc1CCNCC1(CN)COC1. The summed E-state index contributed by atoms with van der Waals surface area (Å²) < 4.78 is 11.7. The van der Waals surface area contributed by atoms with Crippen LogP contribution in [0.25, 0.3) is 0 Å². The summed E-state index contributed by atoms with van der Waals surface area (Å²) in [4.78, 5) is 0. The smallest absolute Gasteiger partial charge is 0.122 e. The van der Waals surface area contributed by atoms with Crippen molar-refractivity contribution >= 4 is 15.9 Å². The Hall–Kier alpha value is -0.620. The molecule has 1 aliphatic rings. The molecule has 1 aromatic carbocycles. The fourth-order valence-corrected chi connectivity index (χ4v) is 2.61. The summed E-state index contributed by atoms with van der Waals surface area (Å²) in [6.45, 7) is 4.06. The van der Waals surface area contributed by atoms with Gasteiger partial charge in [0.25, 0.3) is 0 Å². The first-order valence-electron chi connectivity index (χ1n) is 6.50. The molecule has 0 radical (unpaired) electrons. The zero-order chi connectivity index (χ0) is 13.7. The summed E-state index contributed by atoms with van der Waals surface area (Å²) in [7, 11) is 1.70. The monoisotopic (exact) mass is 328 g/mol. The molecule has 5 heteroatoms. The third kappa shape index (κ3) is 3.69. The van der Waals surface area contributed by atoms with Gasteiger partial charge in [-0.2, -0.15) is 0 Å². The van der Waals surface area contributed by atoms with Crippen LogP contribution in [0.4, 0.5) is 0 Å². The number of ether oxygens (including phenoxy) is 2. The van der Waals surface area contributed by atoms with E-state index in [1.165, 1.54) is 5.56 Å². The molecule has 0 spiro atoms. The zero-order valence-corrected chi connectivity index (χ0v) is 12.8. The van der Waals surface area contributed by atoms with E-state index in [2.05, 4.69) is 27.3 Å². The molecule has 1 saturated heterocycles. The van der Waals surface area contributed by atoms with Crippen molar-refractivity contribution in [3.05, 3.63) is 28.2 Å². The van der Waals surface area contributed by atoms with Crippen molar-refractivity contribution in [1.82, 2.24) is 5.32 Å². The lowest BCUT2D eigenvalue weighted by Gasteiger charge is -2.40. The van der Waals surface area contributed by atoms with Crippen molar-refractivity contribution in [2.75, 3.05) is 40.0 Å². The topological polar surface area (TPSA) is 56.5 Å². The van der Waals surface area contributed by atoms with Crippen LogP contribution in [0.15, 0.2) is 22.7 Å². The largest absolute Gasteiger partial charge is 0.496 e. The van der Waals surface area contributed by atoms with Crippen molar-refractivity contribution in [2.24, 2.45) is 11.1 Å². The number of nitrogens with two attached hydrogens (primary N) is 1. The summed E-state index contributed by atoms with van der Waals surface area (Å²) in [5, 5.41) is 3.47. The molecule has 0 amide bonds. The van der Waals surface area contributed by atoms with Crippen LogP contribution in [-0.4, -0.2) is 40.0 Å². The summed E-state index contributed by atoms with van der Waals surface area (Å²) in [6, 6.07) is 6.08. The van der Waals surface area contributed by atoms with Gasteiger partial charge in [0.1, 0.15) is 5.75 Å². The second kappa shape index (κ2) is 6.70. The van der Waals surface area contributed by atoms with Crippen LogP contribution in [0.2, 0.25) is 0 Å². The standard InChI is InChI=1S/C14H21BrN2O2/c1-18-13-3-2-12(15)6-11(13)4-5-17-8-14(7-16)9-19-10-14/h2-3,6,17H,4-5,7-10,16H2,1H3. The van der Waals surface area contributed by atoms with Crippen molar-refractivity contribution in [2.45, 2.75) is 6.42 Å². The molecule has 1 aliphatic heterocycles. The fraction of sp³-hybridized carbons (Fsp3) is 0.571. The molecular formula is C14H21BrN2O2. The van der Waals surface area contributed by atoms with Gasteiger partial charge in [0.05, 0.1) is 20.3 Å². The molecule has 2 rings (SSSR count). The maximum Gasteiger partial charge on any atom is 0.122 e. The predicted molar refractivity (Wildman–Crippen MR) is 79.6 cm³/mol. The molecule has 0 aliphatic carbocycles. The number of methoxy groups -OCH3 is 1. The average Bonchev–Trinajstić information content (AvgIpc) is 2.37. The molecule has 1 fully saturated rings. The van der Waals surface area contributed by atoms with Gasteiger partial charge in [0, 0.05) is 23.0 Å². The van der Waals surface area contributed by atoms with Gasteiger partial charge in [0.2, 0.25) is 0 Å². The van der Waals surface area contributed by atoms with Gasteiger partial charge < -0.3 is 20.5 Å². The summed E-state index contributed by atoms with van der Waals surface area (Å²) in [6.07, 6.45) is 0.935. The Morgan fingerprint density at radius 1 is 1.47 bits per heavy atom. The van der Waals surface area contributed by atoms with Crippen LogP contribution in [0, 0.1) is 5.41 Å². The van der Waals surface area contributed by atoms with Crippen molar-refractivity contribution < 1.29 is 9.47 Å². The first-order valence-corrected chi connectivity index (χ1v) is 7.29. The Kier molecular flexibility index (Phi) is 5.21. The minimum atomic E-state index is 0.154. The van der Waals surface area contributed by atoms with E-state index in [4.69, 9.17) is 15.2 Å². The van der Waals surface area contributed by atoms with E-state index in [0.29, 0.717) is 6.54 Å². The van der Waals surface area contributed by atoms with E-state index < -0.39 is 0 Å². The van der Waals surface area contributed by atoms with Crippen LogP contribution < -0.4 is 15.8 Å². The Morgan fingerprint density at radius 2 is 2.26 bits per heavy atom. The number of halogens is 1. The number of nitrogens with one attached hydrogen (secondary N) is 1. The Balaban J connectivity index is 1.80. The number of benzene rings is 1. The molecule has 0 atom stereocenters. The maximum absolute atomic E-state index is 5.78. The second-order valence-electron chi connectivity index (χ2n) is 5.08. The minimum absolute atomic E-state index is 0.154. The summed E-state index contributed by atoms with van der Waals surface area (Å²) in [5.41, 5.74) is 7.14. The average molecular weight is 329 g/mol. The number of hydrogen-bond acceptors (Lipinski definition) is 4. The highest BCUT2D eigenvalue weighted by Gasteiger charge is 2.36. The number of rotatable bonds is 7. The van der Waals surface area contributed by atoms with E-state index >= 15 is 0 Å². The molecule has 4 nitrogen and oxygen atoms in total. The van der Waals surface area contributed by atoms with Gasteiger partial charge in [-0.1, -0.05) is 15.9 Å². The molecular weight excluding hydrogens is 308 g/mol. The van der Waals surface area contributed by atoms with Crippen molar-refractivity contribution in [3.8, 4) is 5.75 Å². The molecule has 1 heterocycles. The highest BCUT2D eigenvalue weighted by Crippen LogP contribution is 2.25. The minimum Gasteiger partial charge on any atom is -0.496 e. The first kappa shape index (κ1) is 14.8. The Morgan fingerprint density at radius 3 is 2.84 bits per heavy atom. The highest BCUT2D eigenvalue weighted by atomic mass is 79.9. The Bertz CT molecular complexity index is 416. The van der Waals surface area contributed by atoms with E-state index in [1.807, 2.05) is 12.1 Å². The van der Waals surface area contributed by atoms with E-state index in [-0.39, 0.29) is 5.41 Å². The normalized spacial score (nSPS) is 17.0. The van der Waals surface area contributed by atoms with E-state index in [1.54, 1.807) is 7.11 Å². The molecule has 19 heavy (non-hydrogen) atoms. The highest BCUT2D eigenvalue weighted by molar-refractivity contribution is 9.10. The molecule has 106 valence electrons. The van der Waals surface area contributed by atoms with Crippen molar-refractivity contribution in [1.29, 1.82) is 0 Å². The third-order valence-corrected chi connectivity index (χ3v) is 4.06. The van der Waals surface area contributed by atoms with Gasteiger partial charge >= 0.3 is 0 Å². The molecule has 1 aromatic rings. The van der Waals surface area contributed by atoms with Gasteiger partial charge in [0.15, 0.2) is 0 Å². The van der Waals surface area contributed by atoms with Crippen LogP contribution in [-0.2, 0) is 11.2 Å². The van der Waals surface area contributed by atoms with E-state index in [0.717, 1.165) is 42.9 Å². The maximum atomic E-state index is 5.78. The van der Waals surface area contributed by atoms with Crippen LogP contribution in [0.3, 0.4) is 0 Å². The lowest BCUT2D eigenvalue weighted by molar-refractivity contribution is -0.104. The van der Waals surface area contributed by atoms with Gasteiger partial charge in [-0.3, -0.25) is 0 Å². The van der Waals surface area contributed by atoms with Gasteiger partial charge in [-0.25, -0.2) is 0 Å². The second-order valence-corrected chi connectivity index (χ2v) is 6.00. The predicted octanol–water partition coefficient (Wildman–Crippen LogP) is 1.57. The Labute approximate surface area is 122 Å². The van der Waals surface area contributed by atoms with E-state index in [9.17, 15) is 0 Å². The van der Waals surface area contributed by atoms with Crippen LogP contribution in [0.1, 0.15) is 5.56 Å². The van der Waals surface area contributed by atoms with Crippen LogP contribution >= 0.6 is 15.9 Å². The summed E-state index contributed by atoms with van der Waals surface area (Å²) >= 11 is 3.49. The first-order chi connectivity index (χ1) is 9.19. The zero-order valence-electron chi connectivity index (χ0n) is 11.2. The molecule has 0 saturated carbocycles. The number of hydrogen-bond donors (Lipinski definition) is 2. The van der Waals surface area contributed by atoms with Crippen molar-refractivity contribution in [3.63, 3.8) is 0 Å². The third-order valence-electron chi connectivity index (χ3n) is 3.56. The lowest BCUT2D eigenvalue weighted by Crippen LogP contribution is -2.54. The molecule has 0 bridgehead atoms. The van der Waals surface area contributed by atoms with Gasteiger partial charge in [-0.15, -0.1) is 0 Å². The molecule has 0 unspecified atom stereocenters.